The number of halogens is 2. The van der Waals surface area contributed by atoms with E-state index in [-0.39, 0.29) is 16.5 Å². The van der Waals surface area contributed by atoms with Crippen molar-refractivity contribution in [3.8, 4) is 0 Å². The van der Waals surface area contributed by atoms with E-state index in [0.29, 0.717) is 12.1 Å². The molecule has 2 rings (SSSR count). The summed E-state index contributed by atoms with van der Waals surface area (Å²) in [4.78, 5) is 14.0. The van der Waals surface area contributed by atoms with Crippen molar-refractivity contribution in [3.63, 3.8) is 0 Å². The smallest absolute Gasteiger partial charge is 0.237 e. The molecule has 3 nitrogen and oxygen atoms in total. The van der Waals surface area contributed by atoms with Crippen LogP contribution in [0.1, 0.15) is 24.3 Å². The van der Waals surface area contributed by atoms with Gasteiger partial charge in [0.2, 0.25) is 5.91 Å². The molecule has 1 aromatic carbocycles. The van der Waals surface area contributed by atoms with Crippen LogP contribution in [0.3, 0.4) is 0 Å². The van der Waals surface area contributed by atoms with Gasteiger partial charge in [-0.3, -0.25) is 4.79 Å². The van der Waals surface area contributed by atoms with Gasteiger partial charge in [0.05, 0.1) is 25.4 Å². The zero-order valence-corrected chi connectivity index (χ0v) is 12.4. The Balaban J connectivity index is 2.29. The maximum Gasteiger partial charge on any atom is 0.237 e. The molecule has 6 heteroatoms. The standard InChI is InChI=1S/C14H18F2N2OS/c1-3-12-13(19)18(7-6-17-2)14(20-12)10-5-4-9(15)8-11(10)16/h4-5,8,12,14,17H,3,6-7H2,1-2H3/p+1/t12-,14-/m1/s1. The summed E-state index contributed by atoms with van der Waals surface area (Å²) in [5, 5.41) is 1.49. The number of rotatable bonds is 5. The van der Waals surface area contributed by atoms with Crippen LogP contribution >= 0.6 is 11.8 Å². The summed E-state index contributed by atoms with van der Waals surface area (Å²) >= 11 is 1.45. The summed E-state index contributed by atoms with van der Waals surface area (Å²) in [7, 11) is 1.93. The highest BCUT2D eigenvalue weighted by molar-refractivity contribution is 8.01. The highest BCUT2D eigenvalue weighted by atomic mass is 32.2. The zero-order chi connectivity index (χ0) is 14.7. The second kappa shape index (κ2) is 6.54. The summed E-state index contributed by atoms with van der Waals surface area (Å²) < 4.78 is 27.0. The lowest BCUT2D eigenvalue weighted by Crippen LogP contribution is -2.81. The first-order valence-electron chi connectivity index (χ1n) is 6.77. The molecule has 0 saturated carbocycles. The summed E-state index contributed by atoms with van der Waals surface area (Å²) in [5.41, 5.74) is 0.386. The highest BCUT2D eigenvalue weighted by Gasteiger charge is 2.40. The van der Waals surface area contributed by atoms with E-state index in [1.54, 1.807) is 4.90 Å². The van der Waals surface area contributed by atoms with Gasteiger partial charge in [-0.15, -0.1) is 11.8 Å². The molecule has 0 aromatic heterocycles. The van der Waals surface area contributed by atoms with Crippen LogP contribution < -0.4 is 5.32 Å². The van der Waals surface area contributed by atoms with E-state index >= 15 is 0 Å². The van der Waals surface area contributed by atoms with E-state index in [1.165, 1.54) is 23.9 Å². The van der Waals surface area contributed by atoms with E-state index in [2.05, 4.69) is 0 Å². The molecular weight excluding hydrogens is 282 g/mol. The predicted octanol–water partition coefficient (Wildman–Crippen LogP) is 1.51. The van der Waals surface area contributed by atoms with Crippen LogP contribution in [0, 0.1) is 11.6 Å². The van der Waals surface area contributed by atoms with Crippen molar-refractivity contribution in [1.82, 2.24) is 4.90 Å². The Labute approximate surface area is 121 Å². The Morgan fingerprint density at radius 1 is 1.40 bits per heavy atom. The molecule has 20 heavy (non-hydrogen) atoms. The lowest BCUT2D eigenvalue weighted by molar-refractivity contribution is -0.626. The summed E-state index contributed by atoms with van der Waals surface area (Å²) in [6.07, 6.45) is 0.717. The first kappa shape index (κ1) is 15.3. The van der Waals surface area contributed by atoms with Crippen LogP contribution in [0.4, 0.5) is 8.78 Å². The quantitative estimate of drug-likeness (QED) is 0.895. The van der Waals surface area contributed by atoms with Crippen molar-refractivity contribution in [2.45, 2.75) is 24.0 Å². The fourth-order valence-electron chi connectivity index (χ4n) is 2.30. The predicted molar refractivity (Wildman–Crippen MR) is 75.2 cm³/mol. The van der Waals surface area contributed by atoms with Crippen molar-refractivity contribution in [1.29, 1.82) is 0 Å². The third-order valence-corrected chi connectivity index (χ3v) is 5.02. The highest BCUT2D eigenvalue weighted by Crippen LogP contribution is 2.44. The van der Waals surface area contributed by atoms with Gasteiger partial charge in [-0.05, 0) is 12.5 Å². The summed E-state index contributed by atoms with van der Waals surface area (Å²) in [6, 6.07) is 3.56. The molecule has 1 aliphatic rings. The van der Waals surface area contributed by atoms with Crippen molar-refractivity contribution in [3.05, 3.63) is 35.4 Å². The van der Waals surface area contributed by atoms with E-state index < -0.39 is 11.6 Å². The minimum atomic E-state index is -0.596. The van der Waals surface area contributed by atoms with Crippen LogP contribution in [0.5, 0.6) is 0 Å². The number of thioether (sulfide) groups is 1. The number of hydrogen-bond acceptors (Lipinski definition) is 2. The fraction of sp³-hybridized carbons (Fsp3) is 0.500. The van der Waals surface area contributed by atoms with Gasteiger partial charge >= 0.3 is 0 Å². The largest absolute Gasteiger partial charge is 0.347 e. The molecule has 0 radical (unpaired) electrons. The molecule has 1 amide bonds. The average Bonchev–Trinajstić information content (AvgIpc) is 2.73. The van der Waals surface area contributed by atoms with Gasteiger partial charge in [-0.25, -0.2) is 8.78 Å². The third kappa shape index (κ3) is 2.96. The molecule has 2 atom stereocenters. The topological polar surface area (TPSA) is 36.9 Å². The van der Waals surface area contributed by atoms with Crippen LogP contribution in [0.2, 0.25) is 0 Å². The normalized spacial score (nSPS) is 22.6. The monoisotopic (exact) mass is 301 g/mol. The van der Waals surface area contributed by atoms with Gasteiger partial charge in [0, 0.05) is 11.6 Å². The minimum absolute atomic E-state index is 0.0491. The van der Waals surface area contributed by atoms with Crippen molar-refractivity contribution < 1.29 is 18.9 Å². The molecule has 1 fully saturated rings. The zero-order valence-electron chi connectivity index (χ0n) is 11.6. The molecule has 1 aliphatic heterocycles. The van der Waals surface area contributed by atoms with Crippen molar-refractivity contribution in [2.24, 2.45) is 0 Å². The number of hydrogen-bond donors (Lipinski definition) is 1. The van der Waals surface area contributed by atoms with Gasteiger partial charge in [0.25, 0.3) is 0 Å². The Hall–Kier alpha value is -1.14. The lowest BCUT2D eigenvalue weighted by Gasteiger charge is -2.23. The Morgan fingerprint density at radius 2 is 2.15 bits per heavy atom. The second-order valence-corrected chi connectivity index (χ2v) is 6.07. The van der Waals surface area contributed by atoms with Crippen LogP contribution in [0.15, 0.2) is 18.2 Å². The van der Waals surface area contributed by atoms with E-state index in [0.717, 1.165) is 19.0 Å². The third-order valence-electron chi connectivity index (χ3n) is 3.39. The van der Waals surface area contributed by atoms with Gasteiger partial charge in [-0.1, -0.05) is 13.0 Å². The molecule has 1 heterocycles. The SMILES string of the molecule is CC[C@H]1S[C@H](c2ccc(F)cc2F)N(CC[NH2+]C)C1=O. The van der Waals surface area contributed by atoms with Crippen LogP contribution in [0.25, 0.3) is 0 Å². The second-order valence-electron chi connectivity index (χ2n) is 4.78. The molecule has 2 N–H and O–H groups in total. The molecule has 0 spiro atoms. The van der Waals surface area contributed by atoms with Gasteiger partial charge < -0.3 is 10.2 Å². The first-order chi connectivity index (χ1) is 9.58. The van der Waals surface area contributed by atoms with Gasteiger partial charge in [0.1, 0.15) is 17.0 Å². The molecule has 110 valence electrons. The van der Waals surface area contributed by atoms with Crippen molar-refractivity contribution >= 4 is 17.7 Å². The number of carbonyl (C=O) groups excluding carboxylic acids is 1. The first-order valence-corrected chi connectivity index (χ1v) is 7.71. The number of nitrogens with zero attached hydrogens (tertiary/aromatic N) is 1. The number of carbonyl (C=O) groups is 1. The van der Waals surface area contributed by atoms with Crippen molar-refractivity contribution in [2.75, 3.05) is 20.1 Å². The van der Waals surface area contributed by atoms with Gasteiger partial charge in [0.15, 0.2) is 0 Å². The van der Waals surface area contributed by atoms with E-state index in [9.17, 15) is 13.6 Å². The fourth-order valence-corrected chi connectivity index (χ4v) is 3.75. The maximum atomic E-state index is 14.0. The average molecular weight is 301 g/mol. The lowest BCUT2D eigenvalue weighted by atomic mass is 10.1. The molecule has 1 saturated heterocycles. The van der Waals surface area contributed by atoms with Crippen LogP contribution in [-0.2, 0) is 4.79 Å². The minimum Gasteiger partial charge on any atom is -0.347 e. The number of amides is 1. The van der Waals surface area contributed by atoms with Crippen LogP contribution in [-0.4, -0.2) is 36.2 Å². The maximum absolute atomic E-state index is 14.0. The van der Waals surface area contributed by atoms with E-state index in [1.807, 2.05) is 19.3 Å². The number of nitrogens with two attached hydrogens (primary N) is 1. The summed E-state index contributed by atoms with van der Waals surface area (Å²) in [5.74, 6) is -1.13. The summed E-state index contributed by atoms with van der Waals surface area (Å²) in [6.45, 7) is 3.28. The van der Waals surface area contributed by atoms with E-state index in [4.69, 9.17) is 0 Å². The molecular formula is C14H19F2N2OS+. The molecule has 1 aromatic rings. The van der Waals surface area contributed by atoms with Gasteiger partial charge in [-0.2, -0.15) is 0 Å². The Kier molecular flexibility index (Phi) is 4.99. The number of likely N-dealkylation sites (N-methyl/N-ethyl adjacent to an activating group) is 1. The molecule has 0 aliphatic carbocycles. The number of quaternary nitrogens is 1. The molecule has 0 bridgehead atoms. The number of benzene rings is 1. The molecule has 0 unspecified atom stereocenters. The Bertz CT molecular complexity index is 498. The Morgan fingerprint density at radius 3 is 2.75 bits per heavy atom.